The summed E-state index contributed by atoms with van der Waals surface area (Å²) in [6, 6.07) is 0. The monoisotopic (exact) mass is 212 g/mol. The summed E-state index contributed by atoms with van der Waals surface area (Å²) in [5.74, 6) is 0. The van der Waals surface area contributed by atoms with Gasteiger partial charge in [0.05, 0.1) is 0 Å². The predicted octanol–water partition coefficient (Wildman–Crippen LogP) is 3.36. The van der Waals surface area contributed by atoms with Crippen LogP contribution in [0.15, 0.2) is 59.9 Å². The van der Waals surface area contributed by atoms with Crippen molar-refractivity contribution < 1.29 is 0 Å². The number of hydrogen-bond donors (Lipinski definition) is 0. The molecule has 15 heavy (non-hydrogen) atoms. The lowest BCUT2D eigenvalue weighted by Gasteiger charge is -2.07. The molecule has 0 heterocycles. The third-order valence-corrected chi connectivity index (χ3v) is 4.89. The van der Waals surface area contributed by atoms with E-state index in [4.69, 9.17) is 0 Å². The highest BCUT2D eigenvalue weighted by Crippen LogP contribution is 2.10. The van der Waals surface area contributed by atoms with E-state index in [0.29, 0.717) is 0 Å². The maximum Gasteiger partial charge on any atom is 0.0379 e. The van der Waals surface area contributed by atoms with Crippen LogP contribution in [0, 0.1) is 0 Å². The van der Waals surface area contributed by atoms with Gasteiger partial charge in [-0.05, 0) is 18.4 Å². The summed E-state index contributed by atoms with van der Waals surface area (Å²) in [6.07, 6.45) is 19.8. The minimum atomic E-state index is -0.458. The summed E-state index contributed by atoms with van der Waals surface area (Å²) >= 11 is 0. The highest BCUT2D eigenvalue weighted by atomic mass is 28.2. The molecule has 2 rings (SSSR count). The Morgan fingerprint density at radius 1 is 1.00 bits per heavy atom. The molecular formula is C14H16Si. The van der Waals surface area contributed by atoms with E-state index in [1.807, 2.05) is 0 Å². The Kier molecular flexibility index (Phi) is 3.46. The van der Waals surface area contributed by atoms with Crippen molar-refractivity contribution in [2.75, 3.05) is 0 Å². The van der Waals surface area contributed by atoms with Gasteiger partial charge in [0.25, 0.3) is 0 Å². The van der Waals surface area contributed by atoms with Crippen LogP contribution in [-0.4, -0.2) is 13.6 Å². The Morgan fingerprint density at radius 2 is 1.73 bits per heavy atom. The van der Waals surface area contributed by atoms with Crippen molar-refractivity contribution in [3.63, 3.8) is 0 Å². The fraction of sp³-hybridized carbons (Fsp3) is 0.214. The maximum absolute atomic E-state index is 2.48. The fourth-order valence-electron chi connectivity index (χ4n) is 1.81. The molecule has 0 bridgehead atoms. The molecule has 0 saturated carbocycles. The van der Waals surface area contributed by atoms with Crippen molar-refractivity contribution in [1.82, 2.24) is 0 Å². The lowest BCUT2D eigenvalue weighted by molar-refractivity contribution is 1.27. The summed E-state index contributed by atoms with van der Waals surface area (Å²) in [4.78, 5) is 0. The second-order valence-corrected chi connectivity index (χ2v) is 6.21. The molecule has 0 aromatic rings. The minimum absolute atomic E-state index is 0.458. The SMILES string of the molecule is C[Si](C=C1C=CC=CC1)=C1C=CC=CC1. The molecule has 0 nitrogen and oxygen atoms in total. The van der Waals surface area contributed by atoms with Crippen molar-refractivity contribution >= 4 is 13.6 Å². The smallest absolute Gasteiger partial charge is 0.0379 e. The molecule has 0 fully saturated rings. The van der Waals surface area contributed by atoms with Crippen LogP contribution in [0.2, 0.25) is 6.55 Å². The quantitative estimate of drug-likeness (QED) is 0.585. The van der Waals surface area contributed by atoms with Gasteiger partial charge in [0, 0.05) is 8.41 Å². The molecular weight excluding hydrogens is 196 g/mol. The molecule has 2 aliphatic rings. The molecule has 0 saturated heterocycles. The summed E-state index contributed by atoms with van der Waals surface area (Å²) in [6.45, 7) is 2.38. The molecule has 76 valence electrons. The van der Waals surface area contributed by atoms with Gasteiger partial charge in [-0.2, -0.15) is 0 Å². The molecule has 0 aromatic heterocycles. The lowest BCUT2D eigenvalue weighted by atomic mass is 10.1. The van der Waals surface area contributed by atoms with Gasteiger partial charge in [-0.25, -0.2) is 0 Å². The molecule has 2 aliphatic carbocycles. The van der Waals surface area contributed by atoms with Crippen molar-refractivity contribution in [1.29, 1.82) is 0 Å². The molecule has 0 spiro atoms. The van der Waals surface area contributed by atoms with Crippen molar-refractivity contribution in [3.05, 3.63) is 59.9 Å². The molecule has 0 unspecified atom stereocenters. The highest BCUT2D eigenvalue weighted by Gasteiger charge is 2.00. The van der Waals surface area contributed by atoms with E-state index in [-0.39, 0.29) is 0 Å². The number of rotatable bonds is 1. The van der Waals surface area contributed by atoms with Crippen molar-refractivity contribution in [2.24, 2.45) is 0 Å². The molecule has 1 heteroatoms. The Labute approximate surface area is 93.2 Å². The topological polar surface area (TPSA) is 0 Å². The zero-order chi connectivity index (χ0) is 10.5. The van der Waals surface area contributed by atoms with Gasteiger partial charge < -0.3 is 0 Å². The molecule has 0 atom stereocenters. The third-order valence-electron chi connectivity index (χ3n) is 2.70. The summed E-state index contributed by atoms with van der Waals surface area (Å²) in [7, 11) is -0.458. The van der Waals surface area contributed by atoms with Crippen LogP contribution < -0.4 is 0 Å². The van der Waals surface area contributed by atoms with Gasteiger partial charge >= 0.3 is 0 Å². The zero-order valence-electron chi connectivity index (χ0n) is 9.11. The van der Waals surface area contributed by atoms with Gasteiger partial charge in [0.2, 0.25) is 0 Å². The molecule has 0 aliphatic heterocycles. The van der Waals surface area contributed by atoms with E-state index in [2.05, 4.69) is 60.9 Å². The van der Waals surface area contributed by atoms with E-state index in [1.165, 1.54) is 5.57 Å². The van der Waals surface area contributed by atoms with Crippen LogP contribution in [-0.2, 0) is 0 Å². The molecule has 0 amide bonds. The Hall–Kier alpha value is -1.21. The second-order valence-electron chi connectivity index (χ2n) is 3.91. The molecule has 0 N–H and O–H groups in total. The van der Waals surface area contributed by atoms with E-state index < -0.39 is 8.41 Å². The van der Waals surface area contributed by atoms with E-state index >= 15 is 0 Å². The van der Waals surface area contributed by atoms with Crippen LogP contribution >= 0.6 is 0 Å². The van der Waals surface area contributed by atoms with Crippen molar-refractivity contribution in [2.45, 2.75) is 19.4 Å². The molecule has 0 aromatic carbocycles. The van der Waals surface area contributed by atoms with Crippen LogP contribution in [0.5, 0.6) is 0 Å². The van der Waals surface area contributed by atoms with Gasteiger partial charge in [-0.1, -0.05) is 66.0 Å². The Morgan fingerprint density at radius 3 is 2.33 bits per heavy atom. The van der Waals surface area contributed by atoms with Gasteiger partial charge in [0.15, 0.2) is 0 Å². The van der Waals surface area contributed by atoms with E-state index in [0.717, 1.165) is 12.8 Å². The van der Waals surface area contributed by atoms with Gasteiger partial charge in [-0.15, -0.1) is 0 Å². The summed E-state index contributed by atoms with van der Waals surface area (Å²) in [5.41, 5.74) is 3.95. The predicted molar refractivity (Wildman–Crippen MR) is 70.5 cm³/mol. The Balaban J connectivity index is 2.18. The van der Waals surface area contributed by atoms with E-state index in [1.54, 1.807) is 5.17 Å². The summed E-state index contributed by atoms with van der Waals surface area (Å²) < 4.78 is 0. The van der Waals surface area contributed by atoms with Gasteiger partial charge in [0.1, 0.15) is 0 Å². The van der Waals surface area contributed by atoms with Crippen LogP contribution in [0.4, 0.5) is 0 Å². The van der Waals surface area contributed by atoms with Crippen LogP contribution in [0.25, 0.3) is 0 Å². The fourth-order valence-corrected chi connectivity index (χ4v) is 3.57. The zero-order valence-corrected chi connectivity index (χ0v) is 10.1. The van der Waals surface area contributed by atoms with Crippen molar-refractivity contribution in [3.8, 4) is 0 Å². The highest BCUT2D eigenvalue weighted by molar-refractivity contribution is 6.76. The van der Waals surface area contributed by atoms with Crippen LogP contribution in [0.3, 0.4) is 0 Å². The number of allylic oxidation sites excluding steroid dienone is 9. The number of hydrogen-bond acceptors (Lipinski definition) is 0. The lowest BCUT2D eigenvalue weighted by Crippen LogP contribution is -2.09. The maximum atomic E-state index is 2.48. The normalized spacial score (nSPS) is 25.0. The first-order valence-electron chi connectivity index (χ1n) is 5.43. The largest absolute Gasteiger partial charge is 0.0805 e. The third kappa shape index (κ3) is 2.87. The minimum Gasteiger partial charge on any atom is -0.0805 e. The summed E-state index contributed by atoms with van der Waals surface area (Å²) in [5, 5.41) is 1.61. The average molecular weight is 212 g/mol. The first kappa shape index (κ1) is 10.3. The van der Waals surface area contributed by atoms with E-state index in [9.17, 15) is 0 Å². The Bertz CT molecular complexity index is 415. The van der Waals surface area contributed by atoms with Gasteiger partial charge in [-0.3, -0.25) is 0 Å². The van der Waals surface area contributed by atoms with Crippen LogP contribution in [0.1, 0.15) is 12.8 Å². The first-order valence-corrected chi connectivity index (χ1v) is 7.51. The second kappa shape index (κ2) is 5.03. The average Bonchev–Trinajstić information content (AvgIpc) is 2.31. The molecule has 0 radical (unpaired) electrons. The first-order chi connectivity index (χ1) is 7.36. The standard InChI is InChI=1S/C14H16Si/c1-15(14-10-6-3-7-11-14)12-13-8-4-2-5-9-13/h2-8,10,12H,9,11H2,1H3.